The number of hydrogen-bond acceptors (Lipinski definition) is 4. The van der Waals surface area contributed by atoms with Gasteiger partial charge in [-0.3, -0.25) is 4.79 Å². The zero-order valence-corrected chi connectivity index (χ0v) is 14.0. The van der Waals surface area contributed by atoms with Crippen LogP contribution in [0.4, 0.5) is 14.5 Å². The average molecular weight is 358 g/mol. The third-order valence-electron chi connectivity index (χ3n) is 3.68. The number of methoxy groups -OCH3 is 1. The minimum Gasteiger partial charge on any atom is -0.494 e. The van der Waals surface area contributed by atoms with E-state index in [0.717, 1.165) is 0 Å². The summed E-state index contributed by atoms with van der Waals surface area (Å²) < 4.78 is 37.0. The molecule has 7 heteroatoms. The Morgan fingerprint density at radius 3 is 2.65 bits per heavy atom. The average Bonchev–Trinajstić information content (AvgIpc) is 3.10. The maximum atomic E-state index is 13.6. The van der Waals surface area contributed by atoms with Crippen molar-refractivity contribution in [3.05, 3.63) is 66.2 Å². The van der Waals surface area contributed by atoms with E-state index in [0.29, 0.717) is 22.9 Å². The third kappa shape index (κ3) is 4.24. The summed E-state index contributed by atoms with van der Waals surface area (Å²) in [4.78, 5) is 16.1. The highest BCUT2D eigenvalue weighted by molar-refractivity contribution is 5.90. The lowest BCUT2D eigenvalue weighted by Gasteiger charge is -2.06. The van der Waals surface area contributed by atoms with Gasteiger partial charge in [-0.2, -0.15) is 0 Å². The number of carbonyl (C=O) groups is 1. The standard InChI is InChI=1S/C19H16F2N2O3/c1-25-16-7-6-14(10-15(16)21)23-18(24)8-9-19-22-11-17(26-19)12-2-4-13(20)5-3-12/h2-7,10-11H,8-9H2,1H3,(H,23,24). The molecule has 5 nitrogen and oxygen atoms in total. The fourth-order valence-electron chi connectivity index (χ4n) is 2.36. The van der Waals surface area contributed by atoms with Crippen LogP contribution in [0.15, 0.2) is 53.1 Å². The summed E-state index contributed by atoms with van der Waals surface area (Å²) in [6, 6.07) is 10.0. The number of hydrogen-bond donors (Lipinski definition) is 1. The first-order valence-corrected chi connectivity index (χ1v) is 7.89. The number of benzene rings is 2. The second-order valence-corrected chi connectivity index (χ2v) is 5.52. The van der Waals surface area contributed by atoms with Gasteiger partial charge in [0.15, 0.2) is 23.2 Å². The SMILES string of the molecule is COc1ccc(NC(=O)CCc2ncc(-c3ccc(F)cc3)o2)cc1F. The van der Waals surface area contributed by atoms with Crippen molar-refractivity contribution in [1.82, 2.24) is 4.98 Å². The van der Waals surface area contributed by atoms with Gasteiger partial charge in [0, 0.05) is 30.2 Å². The van der Waals surface area contributed by atoms with E-state index in [4.69, 9.17) is 9.15 Å². The minimum absolute atomic E-state index is 0.108. The molecule has 0 atom stereocenters. The van der Waals surface area contributed by atoms with Gasteiger partial charge in [0.05, 0.1) is 13.3 Å². The van der Waals surface area contributed by atoms with Crippen molar-refractivity contribution in [2.75, 3.05) is 12.4 Å². The first kappa shape index (κ1) is 17.6. The molecule has 0 aliphatic heterocycles. The molecule has 1 amide bonds. The molecule has 0 radical (unpaired) electrons. The van der Waals surface area contributed by atoms with Crippen LogP contribution in [-0.4, -0.2) is 18.0 Å². The maximum absolute atomic E-state index is 13.6. The van der Waals surface area contributed by atoms with Gasteiger partial charge in [-0.1, -0.05) is 0 Å². The van der Waals surface area contributed by atoms with Crippen molar-refractivity contribution in [3.8, 4) is 17.1 Å². The molecule has 0 bridgehead atoms. The quantitative estimate of drug-likeness (QED) is 0.717. The fourth-order valence-corrected chi connectivity index (χ4v) is 2.36. The van der Waals surface area contributed by atoms with Crippen LogP contribution >= 0.6 is 0 Å². The predicted octanol–water partition coefficient (Wildman–Crippen LogP) is 4.20. The van der Waals surface area contributed by atoms with Crippen molar-refractivity contribution in [1.29, 1.82) is 0 Å². The van der Waals surface area contributed by atoms with E-state index >= 15 is 0 Å². The summed E-state index contributed by atoms with van der Waals surface area (Å²) in [5.41, 5.74) is 1.04. The number of aromatic nitrogens is 1. The lowest BCUT2D eigenvalue weighted by atomic mass is 10.2. The molecule has 0 aliphatic rings. The van der Waals surface area contributed by atoms with Gasteiger partial charge in [0.25, 0.3) is 0 Å². The summed E-state index contributed by atoms with van der Waals surface area (Å²) in [5, 5.41) is 2.60. The molecule has 134 valence electrons. The fraction of sp³-hybridized carbons (Fsp3) is 0.158. The van der Waals surface area contributed by atoms with E-state index in [1.807, 2.05) is 0 Å². The van der Waals surface area contributed by atoms with Gasteiger partial charge in [-0.15, -0.1) is 0 Å². The normalized spacial score (nSPS) is 10.6. The predicted molar refractivity (Wildman–Crippen MR) is 91.8 cm³/mol. The second kappa shape index (κ2) is 7.77. The van der Waals surface area contributed by atoms with Crippen LogP contribution in [0.2, 0.25) is 0 Å². The number of carbonyl (C=O) groups excluding carboxylic acids is 1. The molecular weight excluding hydrogens is 342 g/mol. The van der Waals surface area contributed by atoms with Gasteiger partial charge < -0.3 is 14.5 Å². The summed E-state index contributed by atoms with van der Waals surface area (Å²) in [5.74, 6) is -0.188. The number of amides is 1. The Morgan fingerprint density at radius 2 is 1.96 bits per heavy atom. The van der Waals surface area contributed by atoms with Crippen LogP contribution in [-0.2, 0) is 11.2 Å². The molecule has 3 rings (SSSR count). The van der Waals surface area contributed by atoms with E-state index in [9.17, 15) is 13.6 Å². The van der Waals surface area contributed by atoms with Crippen molar-refractivity contribution < 1.29 is 22.7 Å². The molecule has 0 fully saturated rings. The van der Waals surface area contributed by atoms with Crippen LogP contribution in [0.3, 0.4) is 0 Å². The van der Waals surface area contributed by atoms with E-state index in [2.05, 4.69) is 10.3 Å². The zero-order valence-electron chi connectivity index (χ0n) is 14.0. The van der Waals surface area contributed by atoms with Gasteiger partial charge in [0.2, 0.25) is 5.91 Å². The Labute approximate surface area is 148 Å². The van der Waals surface area contributed by atoms with Crippen LogP contribution in [0.1, 0.15) is 12.3 Å². The molecule has 0 spiro atoms. The molecule has 26 heavy (non-hydrogen) atoms. The van der Waals surface area contributed by atoms with E-state index in [-0.39, 0.29) is 30.3 Å². The molecule has 0 aliphatic carbocycles. The number of ether oxygens (including phenoxy) is 1. The smallest absolute Gasteiger partial charge is 0.224 e. The van der Waals surface area contributed by atoms with Gasteiger partial charge in [-0.05, 0) is 36.4 Å². The monoisotopic (exact) mass is 358 g/mol. The highest BCUT2D eigenvalue weighted by Gasteiger charge is 2.10. The Bertz CT molecular complexity index is 907. The van der Waals surface area contributed by atoms with Crippen LogP contribution in [0.25, 0.3) is 11.3 Å². The van der Waals surface area contributed by atoms with E-state index in [1.54, 1.807) is 18.2 Å². The number of halogens is 2. The molecule has 1 aromatic heterocycles. The first-order valence-electron chi connectivity index (χ1n) is 7.89. The Morgan fingerprint density at radius 1 is 1.19 bits per heavy atom. The molecule has 2 aromatic carbocycles. The number of aryl methyl sites for hydroxylation is 1. The largest absolute Gasteiger partial charge is 0.494 e. The summed E-state index contributed by atoms with van der Waals surface area (Å²) in [6.45, 7) is 0. The lowest BCUT2D eigenvalue weighted by molar-refractivity contribution is -0.116. The van der Waals surface area contributed by atoms with Crippen molar-refractivity contribution in [3.63, 3.8) is 0 Å². The number of nitrogens with one attached hydrogen (secondary N) is 1. The first-order chi connectivity index (χ1) is 12.5. The number of oxazole rings is 1. The van der Waals surface area contributed by atoms with Crippen LogP contribution in [0.5, 0.6) is 5.75 Å². The lowest BCUT2D eigenvalue weighted by Crippen LogP contribution is -2.12. The second-order valence-electron chi connectivity index (χ2n) is 5.52. The van der Waals surface area contributed by atoms with Crippen molar-refractivity contribution in [2.45, 2.75) is 12.8 Å². The molecular formula is C19H16F2N2O3. The molecule has 0 saturated carbocycles. The van der Waals surface area contributed by atoms with E-state index in [1.165, 1.54) is 37.6 Å². The Kier molecular flexibility index (Phi) is 5.26. The number of rotatable bonds is 6. The summed E-state index contributed by atoms with van der Waals surface area (Å²) in [6.07, 6.45) is 1.93. The zero-order chi connectivity index (χ0) is 18.5. The topological polar surface area (TPSA) is 64.4 Å². The number of nitrogens with zero attached hydrogens (tertiary/aromatic N) is 1. The van der Waals surface area contributed by atoms with Gasteiger partial charge >= 0.3 is 0 Å². The molecule has 3 aromatic rings. The van der Waals surface area contributed by atoms with Crippen molar-refractivity contribution >= 4 is 11.6 Å². The van der Waals surface area contributed by atoms with Crippen LogP contribution < -0.4 is 10.1 Å². The Hall–Kier alpha value is -3.22. The third-order valence-corrected chi connectivity index (χ3v) is 3.68. The number of anilines is 1. The molecule has 1 N–H and O–H groups in total. The van der Waals surface area contributed by atoms with E-state index < -0.39 is 5.82 Å². The van der Waals surface area contributed by atoms with Gasteiger partial charge in [0.1, 0.15) is 5.82 Å². The van der Waals surface area contributed by atoms with Gasteiger partial charge in [-0.25, -0.2) is 13.8 Å². The molecule has 0 saturated heterocycles. The molecule has 1 heterocycles. The molecule has 0 unspecified atom stereocenters. The highest BCUT2D eigenvalue weighted by atomic mass is 19.1. The summed E-state index contributed by atoms with van der Waals surface area (Å²) in [7, 11) is 1.37. The van der Waals surface area contributed by atoms with Crippen LogP contribution in [0, 0.1) is 11.6 Å². The summed E-state index contributed by atoms with van der Waals surface area (Å²) >= 11 is 0. The van der Waals surface area contributed by atoms with Crippen molar-refractivity contribution in [2.24, 2.45) is 0 Å². The Balaban J connectivity index is 1.56. The maximum Gasteiger partial charge on any atom is 0.224 e. The highest BCUT2D eigenvalue weighted by Crippen LogP contribution is 2.22. The minimum atomic E-state index is -0.554.